The summed E-state index contributed by atoms with van der Waals surface area (Å²) in [6, 6.07) is 1.77. The number of piperidine rings is 1. The van der Waals surface area contributed by atoms with Gasteiger partial charge in [0.05, 0.1) is 0 Å². The SMILES string of the molecule is O=C(NCC1CCNCC1)Nc1cc(C2CC2)[nH]n1. The molecule has 2 aliphatic rings. The number of anilines is 1. The minimum Gasteiger partial charge on any atom is -0.338 e. The summed E-state index contributed by atoms with van der Waals surface area (Å²) in [5.41, 5.74) is 1.13. The van der Waals surface area contributed by atoms with Crippen molar-refractivity contribution in [2.75, 3.05) is 25.0 Å². The lowest BCUT2D eigenvalue weighted by Crippen LogP contribution is -2.37. The highest BCUT2D eigenvalue weighted by Gasteiger charge is 2.25. The molecule has 0 atom stereocenters. The van der Waals surface area contributed by atoms with E-state index in [1.165, 1.54) is 12.8 Å². The molecule has 0 bridgehead atoms. The monoisotopic (exact) mass is 263 g/mol. The summed E-state index contributed by atoms with van der Waals surface area (Å²) < 4.78 is 0. The van der Waals surface area contributed by atoms with E-state index in [1.807, 2.05) is 6.07 Å². The normalized spacial score (nSPS) is 20.2. The van der Waals surface area contributed by atoms with Gasteiger partial charge in [-0.1, -0.05) is 0 Å². The van der Waals surface area contributed by atoms with Gasteiger partial charge in [0.1, 0.15) is 0 Å². The molecule has 0 aromatic carbocycles. The van der Waals surface area contributed by atoms with Crippen molar-refractivity contribution in [3.63, 3.8) is 0 Å². The van der Waals surface area contributed by atoms with E-state index < -0.39 is 0 Å². The van der Waals surface area contributed by atoms with Gasteiger partial charge in [0.2, 0.25) is 0 Å². The number of hydrogen-bond acceptors (Lipinski definition) is 3. The van der Waals surface area contributed by atoms with E-state index in [9.17, 15) is 4.79 Å². The molecular weight excluding hydrogens is 242 g/mol. The molecule has 1 saturated heterocycles. The molecule has 0 unspecified atom stereocenters. The summed E-state index contributed by atoms with van der Waals surface area (Å²) in [4.78, 5) is 11.8. The molecular formula is C13H21N5O. The third-order valence-corrected chi connectivity index (χ3v) is 3.87. The first-order chi connectivity index (χ1) is 9.31. The topological polar surface area (TPSA) is 81.8 Å². The Hall–Kier alpha value is -1.56. The molecule has 0 spiro atoms. The molecule has 19 heavy (non-hydrogen) atoms. The van der Waals surface area contributed by atoms with E-state index >= 15 is 0 Å². The Morgan fingerprint density at radius 1 is 1.32 bits per heavy atom. The maximum Gasteiger partial charge on any atom is 0.320 e. The van der Waals surface area contributed by atoms with Gasteiger partial charge in [-0.2, -0.15) is 5.10 Å². The summed E-state index contributed by atoms with van der Waals surface area (Å²) >= 11 is 0. The predicted octanol–water partition coefficient (Wildman–Crippen LogP) is 1.41. The average Bonchev–Trinajstić information content (AvgIpc) is 3.19. The third-order valence-electron chi connectivity index (χ3n) is 3.87. The number of aromatic amines is 1. The van der Waals surface area contributed by atoms with Crippen LogP contribution in [0.4, 0.5) is 10.6 Å². The Balaban J connectivity index is 1.42. The Morgan fingerprint density at radius 2 is 2.11 bits per heavy atom. The van der Waals surface area contributed by atoms with Gasteiger partial charge < -0.3 is 10.6 Å². The van der Waals surface area contributed by atoms with Crippen molar-refractivity contribution in [1.29, 1.82) is 0 Å². The van der Waals surface area contributed by atoms with Crippen LogP contribution >= 0.6 is 0 Å². The number of urea groups is 1. The van der Waals surface area contributed by atoms with E-state index in [0.717, 1.165) is 38.2 Å². The van der Waals surface area contributed by atoms with Crippen LogP contribution in [0.25, 0.3) is 0 Å². The highest BCUT2D eigenvalue weighted by Crippen LogP contribution is 2.39. The summed E-state index contributed by atoms with van der Waals surface area (Å²) in [6.07, 6.45) is 4.72. The molecule has 2 fully saturated rings. The average molecular weight is 263 g/mol. The van der Waals surface area contributed by atoms with Crippen LogP contribution in [0.1, 0.15) is 37.3 Å². The van der Waals surface area contributed by atoms with Crippen LogP contribution in [-0.2, 0) is 0 Å². The standard InChI is InChI=1S/C13H21N5O/c19-13(15-8-9-3-5-14-6-4-9)16-12-7-11(17-18-12)10-1-2-10/h7,9-10,14H,1-6,8H2,(H3,15,16,17,18,19). The van der Waals surface area contributed by atoms with Crippen molar-refractivity contribution in [2.45, 2.75) is 31.6 Å². The smallest absolute Gasteiger partial charge is 0.320 e. The van der Waals surface area contributed by atoms with Crippen LogP contribution in [0, 0.1) is 5.92 Å². The van der Waals surface area contributed by atoms with Gasteiger partial charge in [-0.05, 0) is 44.7 Å². The Kier molecular flexibility index (Phi) is 3.68. The molecule has 6 nitrogen and oxygen atoms in total. The Labute approximate surface area is 112 Å². The minimum absolute atomic E-state index is 0.160. The fraction of sp³-hybridized carbons (Fsp3) is 0.692. The fourth-order valence-corrected chi connectivity index (χ4v) is 2.49. The van der Waals surface area contributed by atoms with Crippen molar-refractivity contribution in [2.24, 2.45) is 5.92 Å². The predicted molar refractivity (Wildman–Crippen MR) is 73.2 cm³/mol. The zero-order valence-corrected chi connectivity index (χ0v) is 11.0. The van der Waals surface area contributed by atoms with Gasteiger partial charge in [0.15, 0.2) is 5.82 Å². The highest BCUT2D eigenvalue weighted by molar-refractivity contribution is 5.88. The van der Waals surface area contributed by atoms with Crippen LogP contribution in [0.3, 0.4) is 0 Å². The Morgan fingerprint density at radius 3 is 2.84 bits per heavy atom. The van der Waals surface area contributed by atoms with Gasteiger partial charge in [-0.3, -0.25) is 10.4 Å². The lowest BCUT2D eigenvalue weighted by Gasteiger charge is -2.22. The quantitative estimate of drug-likeness (QED) is 0.663. The van der Waals surface area contributed by atoms with E-state index in [1.54, 1.807) is 0 Å². The second-order valence-electron chi connectivity index (χ2n) is 5.51. The third kappa shape index (κ3) is 3.47. The molecule has 4 N–H and O–H groups in total. The molecule has 1 aliphatic carbocycles. The lowest BCUT2D eigenvalue weighted by atomic mass is 9.98. The molecule has 1 saturated carbocycles. The lowest BCUT2D eigenvalue weighted by molar-refractivity contribution is 0.248. The van der Waals surface area contributed by atoms with Gasteiger partial charge in [-0.25, -0.2) is 4.79 Å². The molecule has 104 valence electrons. The van der Waals surface area contributed by atoms with Crippen LogP contribution in [0.15, 0.2) is 6.07 Å². The number of H-pyrrole nitrogens is 1. The molecule has 6 heteroatoms. The zero-order chi connectivity index (χ0) is 13.1. The van der Waals surface area contributed by atoms with E-state index in [2.05, 4.69) is 26.1 Å². The van der Waals surface area contributed by atoms with Crippen molar-refractivity contribution >= 4 is 11.8 Å². The van der Waals surface area contributed by atoms with E-state index in [0.29, 0.717) is 17.7 Å². The Bertz CT molecular complexity index is 434. The van der Waals surface area contributed by atoms with E-state index in [4.69, 9.17) is 0 Å². The van der Waals surface area contributed by atoms with Crippen LogP contribution < -0.4 is 16.0 Å². The fourth-order valence-electron chi connectivity index (χ4n) is 2.49. The summed E-state index contributed by atoms with van der Waals surface area (Å²) in [5, 5.41) is 16.1. The zero-order valence-electron chi connectivity index (χ0n) is 11.0. The number of hydrogen-bond donors (Lipinski definition) is 4. The van der Waals surface area contributed by atoms with Crippen molar-refractivity contribution in [1.82, 2.24) is 20.8 Å². The van der Waals surface area contributed by atoms with Gasteiger partial charge >= 0.3 is 6.03 Å². The highest BCUT2D eigenvalue weighted by atomic mass is 16.2. The van der Waals surface area contributed by atoms with E-state index in [-0.39, 0.29) is 6.03 Å². The summed E-state index contributed by atoms with van der Waals surface area (Å²) in [6.45, 7) is 2.85. The second kappa shape index (κ2) is 5.61. The van der Waals surface area contributed by atoms with Crippen LogP contribution in [0.2, 0.25) is 0 Å². The molecule has 1 aliphatic heterocycles. The molecule has 1 aromatic heterocycles. The van der Waals surface area contributed by atoms with Gasteiger partial charge in [0.25, 0.3) is 0 Å². The number of carbonyl (C=O) groups is 1. The van der Waals surface area contributed by atoms with Gasteiger partial charge in [-0.15, -0.1) is 0 Å². The number of nitrogens with one attached hydrogen (secondary N) is 4. The maximum absolute atomic E-state index is 11.8. The maximum atomic E-state index is 11.8. The molecule has 0 radical (unpaired) electrons. The van der Waals surface area contributed by atoms with Crippen molar-refractivity contribution in [3.8, 4) is 0 Å². The van der Waals surface area contributed by atoms with Crippen molar-refractivity contribution in [3.05, 3.63) is 11.8 Å². The number of rotatable bonds is 4. The second-order valence-corrected chi connectivity index (χ2v) is 5.51. The molecule has 2 heterocycles. The van der Waals surface area contributed by atoms with Crippen LogP contribution in [-0.4, -0.2) is 35.9 Å². The largest absolute Gasteiger partial charge is 0.338 e. The minimum atomic E-state index is -0.160. The molecule has 2 amide bonds. The van der Waals surface area contributed by atoms with Crippen LogP contribution in [0.5, 0.6) is 0 Å². The summed E-state index contributed by atoms with van der Waals surface area (Å²) in [7, 11) is 0. The number of nitrogens with zero attached hydrogens (tertiary/aromatic N) is 1. The van der Waals surface area contributed by atoms with Gasteiger partial charge in [0, 0.05) is 24.2 Å². The van der Waals surface area contributed by atoms with Crippen molar-refractivity contribution < 1.29 is 4.79 Å². The number of carbonyl (C=O) groups excluding carboxylic acids is 1. The number of amides is 2. The molecule has 1 aromatic rings. The first-order valence-corrected chi connectivity index (χ1v) is 7.12. The number of aromatic nitrogens is 2. The summed E-state index contributed by atoms with van der Waals surface area (Å²) in [5.74, 6) is 1.83. The first-order valence-electron chi connectivity index (χ1n) is 7.12. The first kappa shape index (κ1) is 12.5. The molecule has 3 rings (SSSR count).